The summed E-state index contributed by atoms with van der Waals surface area (Å²) in [7, 11) is 0. The third-order valence-electron chi connectivity index (χ3n) is 4.99. The lowest BCUT2D eigenvalue weighted by Gasteiger charge is -2.33. The van der Waals surface area contributed by atoms with Gasteiger partial charge in [-0.2, -0.15) is 0 Å². The molecule has 0 spiro atoms. The van der Waals surface area contributed by atoms with Crippen molar-refractivity contribution in [1.29, 1.82) is 0 Å². The van der Waals surface area contributed by atoms with Crippen molar-refractivity contribution in [3.8, 4) is 11.4 Å². The Kier molecular flexibility index (Phi) is 5.11. The molecular formula is C18H22N6O2S. The molecule has 3 heterocycles. The van der Waals surface area contributed by atoms with Crippen LogP contribution in [0, 0.1) is 0 Å². The number of nitrogens with two attached hydrogens (primary N) is 1. The normalized spacial score (nSPS) is 19.9. The van der Waals surface area contributed by atoms with Crippen LogP contribution < -0.4 is 5.73 Å². The standard InChI is InChI=1S/C18H22N6O2S/c19-16(26)14-3-1-2-10-23(14)15(25)11-27-18-22-21-17(24(18)13-4-5-13)12-6-8-20-9-7-12/h6-9,13-14H,1-5,10-11H2,(H2,19,26)/t14-/m1/s1. The summed E-state index contributed by atoms with van der Waals surface area (Å²) in [6.45, 7) is 0.588. The fourth-order valence-electron chi connectivity index (χ4n) is 3.47. The van der Waals surface area contributed by atoms with Gasteiger partial charge < -0.3 is 10.6 Å². The van der Waals surface area contributed by atoms with E-state index in [0.717, 1.165) is 42.2 Å². The van der Waals surface area contributed by atoms with Crippen molar-refractivity contribution in [3.63, 3.8) is 0 Å². The zero-order valence-electron chi connectivity index (χ0n) is 15.0. The predicted octanol–water partition coefficient (Wildman–Crippen LogP) is 1.63. The largest absolute Gasteiger partial charge is 0.368 e. The number of amides is 2. The van der Waals surface area contributed by atoms with Gasteiger partial charge in [-0.3, -0.25) is 19.1 Å². The number of hydrogen-bond donors (Lipinski definition) is 1. The molecule has 2 N–H and O–H groups in total. The second-order valence-corrected chi connectivity index (χ2v) is 7.88. The molecule has 142 valence electrons. The van der Waals surface area contributed by atoms with Gasteiger partial charge in [-0.25, -0.2) is 0 Å². The van der Waals surface area contributed by atoms with Crippen molar-refractivity contribution in [2.75, 3.05) is 12.3 Å². The monoisotopic (exact) mass is 386 g/mol. The van der Waals surface area contributed by atoms with Crippen LogP contribution in [0.4, 0.5) is 0 Å². The van der Waals surface area contributed by atoms with Gasteiger partial charge in [0.15, 0.2) is 11.0 Å². The van der Waals surface area contributed by atoms with Crippen LogP contribution in [0.5, 0.6) is 0 Å². The number of piperidine rings is 1. The topological polar surface area (TPSA) is 107 Å². The highest BCUT2D eigenvalue weighted by Crippen LogP contribution is 2.41. The summed E-state index contributed by atoms with van der Waals surface area (Å²) in [5, 5.41) is 9.41. The number of aromatic nitrogens is 4. The first-order chi connectivity index (χ1) is 13.1. The van der Waals surface area contributed by atoms with Gasteiger partial charge in [-0.1, -0.05) is 11.8 Å². The van der Waals surface area contributed by atoms with Gasteiger partial charge in [0, 0.05) is 30.5 Å². The second-order valence-electron chi connectivity index (χ2n) is 6.93. The van der Waals surface area contributed by atoms with Gasteiger partial charge in [0.05, 0.1) is 5.75 Å². The highest BCUT2D eigenvalue weighted by Gasteiger charge is 2.33. The molecule has 0 radical (unpaired) electrons. The smallest absolute Gasteiger partial charge is 0.240 e. The van der Waals surface area contributed by atoms with E-state index in [-0.39, 0.29) is 11.7 Å². The Hall–Kier alpha value is -2.42. The zero-order valence-corrected chi connectivity index (χ0v) is 15.8. The molecule has 2 fully saturated rings. The Bertz CT molecular complexity index is 836. The van der Waals surface area contributed by atoms with E-state index in [1.165, 1.54) is 11.8 Å². The average molecular weight is 386 g/mol. The van der Waals surface area contributed by atoms with Crippen LogP contribution in [0.3, 0.4) is 0 Å². The van der Waals surface area contributed by atoms with Gasteiger partial charge in [-0.15, -0.1) is 10.2 Å². The molecule has 0 unspecified atom stereocenters. The lowest BCUT2D eigenvalue weighted by atomic mass is 10.0. The lowest BCUT2D eigenvalue weighted by molar-refractivity contribution is -0.138. The van der Waals surface area contributed by atoms with E-state index in [2.05, 4.69) is 19.7 Å². The summed E-state index contributed by atoms with van der Waals surface area (Å²) in [6, 6.07) is 3.72. The van der Waals surface area contributed by atoms with Gasteiger partial charge in [0.2, 0.25) is 11.8 Å². The van der Waals surface area contributed by atoms with Crippen LogP contribution >= 0.6 is 11.8 Å². The quantitative estimate of drug-likeness (QED) is 0.756. The zero-order chi connectivity index (χ0) is 18.8. The minimum Gasteiger partial charge on any atom is -0.368 e. The Balaban J connectivity index is 1.49. The van der Waals surface area contributed by atoms with E-state index in [1.54, 1.807) is 17.3 Å². The predicted molar refractivity (Wildman–Crippen MR) is 101 cm³/mol. The third kappa shape index (κ3) is 3.83. The molecule has 4 rings (SSSR count). The molecule has 2 aromatic heterocycles. The fraction of sp³-hybridized carbons (Fsp3) is 0.500. The maximum absolute atomic E-state index is 12.7. The van der Waals surface area contributed by atoms with Crippen LogP contribution in [-0.2, 0) is 9.59 Å². The number of thioether (sulfide) groups is 1. The summed E-state index contributed by atoms with van der Waals surface area (Å²) >= 11 is 1.38. The van der Waals surface area contributed by atoms with Crippen molar-refractivity contribution in [2.24, 2.45) is 5.73 Å². The Labute approximate surface area is 161 Å². The number of rotatable bonds is 6. The first kappa shape index (κ1) is 18.0. The number of hydrogen-bond acceptors (Lipinski definition) is 6. The van der Waals surface area contributed by atoms with Crippen molar-refractivity contribution in [1.82, 2.24) is 24.6 Å². The third-order valence-corrected chi connectivity index (χ3v) is 5.92. The van der Waals surface area contributed by atoms with E-state index >= 15 is 0 Å². The second kappa shape index (κ2) is 7.67. The van der Waals surface area contributed by atoms with Crippen molar-refractivity contribution in [3.05, 3.63) is 24.5 Å². The minimum absolute atomic E-state index is 0.0701. The molecule has 1 saturated heterocycles. The molecule has 2 amide bonds. The molecule has 9 heteroatoms. The molecule has 8 nitrogen and oxygen atoms in total. The van der Waals surface area contributed by atoms with Crippen molar-refractivity contribution < 1.29 is 9.59 Å². The SMILES string of the molecule is NC(=O)[C@H]1CCCCN1C(=O)CSc1nnc(-c2ccncc2)n1C1CC1. The first-order valence-electron chi connectivity index (χ1n) is 9.22. The summed E-state index contributed by atoms with van der Waals surface area (Å²) < 4.78 is 2.12. The minimum atomic E-state index is -0.486. The van der Waals surface area contributed by atoms with E-state index in [9.17, 15) is 9.59 Å². The maximum Gasteiger partial charge on any atom is 0.240 e. The first-order valence-corrected chi connectivity index (χ1v) is 10.2. The molecule has 2 aliphatic rings. The number of primary amides is 1. The van der Waals surface area contributed by atoms with Crippen LogP contribution in [0.1, 0.15) is 38.1 Å². The Morgan fingerprint density at radius 3 is 2.63 bits per heavy atom. The fourth-order valence-corrected chi connectivity index (χ4v) is 4.36. The van der Waals surface area contributed by atoms with Crippen LogP contribution in [-0.4, -0.2) is 54.8 Å². The molecule has 1 aliphatic carbocycles. The van der Waals surface area contributed by atoms with Gasteiger partial charge in [0.1, 0.15) is 6.04 Å². The number of likely N-dealkylation sites (tertiary alicyclic amines) is 1. The molecule has 1 saturated carbocycles. The van der Waals surface area contributed by atoms with E-state index in [4.69, 9.17) is 5.73 Å². The molecule has 0 bridgehead atoms. The number of carbonyl (C=O) groups is 2. The van der Waals surface area contributed by atoms with Gasteiger partial charge in [-0.05, 0) is 44.2 Å². The summed E-state index contributed by atoms with van der Waals surface area (Å²) in [5.41, 5.74) is 6.44. The average Bonchev–Trinajstić information content (AvgIpc) is 3.45. The maximum atomic E-state index is 12.7. The van der Waals surface area contributed by atoms with Crippen LogP contribution in [0.2, 0.25) is 0 Å². The highest BCUT2D eigenvalue weighted by atomic mass is 32.2. The Morgan fingerprint density at radius 2 is 1.93 bits per heavy atom. The van der Waals surface area contributed by atoms with E-state index < -0.39 is 11.9 Å². The van der Waals surface area contributed by atoms with E-state index in [1.807, 2.05) is 12.1 Å². The van der Waals surface area contributed by atoms with Gasteiger partial charge >= 0.3 is 0 Å². The van der Waals surface area contributed by atoms with Crippen LogP contribution in [0.15, 0.2) is 29.7 Å². The molecule has 2 aromatic rings. The molecule has 0 aromatic carbocycles. The van der Waals surface area contributed by atoms with E-state index in [0.29, 0.717) is 19.0 Å². The molecule has 27 heavy (non-hydrogen) atoms. The van der Waals surface area contributed by atoms with Gasteiger partial charge in [0.25, 0.3) is 0 Å². The summed E-state index contributed by atoms with van der Waals surface area (Å²) in [4.78, 5) is 30.0. The summed E-state index contributed by atoms with van der Waals surface area (Å²) in [6.07, 6.45) is 8.13. The van der Waals surface area contributed by atoms with Crippen LogP contribution in [0.25, 0.3) is 11.4 Å². The number of carbonyl (C=O) groups excluding carboxylic acids is 2. The molecule has 1 aliphatic heterocycles. The van der Waals surface area contributed by atoms with Crippen molar-refractivity contribution in [2.45, 2.75) is 49.3 Å². The summed E-state index contributed by atoms with van der Waals surface area (Å²) in [5.74, 6) is 0.543. The van der Waals surface area contributed by atoms with Crippen molar-refractivity contribution >= 4 is 23.6 Å². The molecular weight excluding hydrogens is 364 g/mol. The Morgan fingerprint density at radius 1 is 1.15 bits per heavy atom. The molecule has 1 atom stereocenters. The number of nitrogens with zero attached hydrogens (tertiary/aromatic N) is 5. The lowest BCUT2D eigenvalue weighted by Crippen LogP contribution is -2.51. The highest BCUT2D eigenvalue weighted by molar-refractivity contribution is 7.99. The number of pyridine rings is 1.